The number of nitrogen functional groups attached to an aromatic ring is 1. The van der Waals surface area contributed by atoms with E-state index in [2.05, 4.69) is 10.2 Å². The standard InChI is InChI=1S/C8H7N3O2.C8H10N2O2/c1-5-2-6-4-9-10-7(6)3-8(5)11(12)13;1-5-3-6(2)8(10(11)12)4-7(5)9/h2-4H,1H3,(H,9,10);3-4H,9H2,1-2H3. The number of aryl methyl sites for hydroxylation is 3. The number of benzene rings is 2. The van der Waals surface area contributed by atoms with Crippen molar-refractivity contribution in [3.63, 3.8) is 0 Å². The Morgan fingerprint density at radius 1 is 0.920 bits per heavy atom. The SMILES string of the molecule is Cc1cc(C)c([N+](=O)[O-])cc1N.Cc1cc2cn[nH]c2cc1[N+](=O)[O-]. The predicted octanol–water partition coefficient (Wildman–Crippen LogP) is 3.57. The topological polar surface area (TPSA) is 141 Å². The number of nitrogens with zero attached hydrogens (tertiary/aromatic N) is 3. The molecular weight excluding hydrogens is 326 g/mol. The molecule has 0 aliphatic heterocycles. The molecule has 1 aromatic heterocycles. The Kier molecular flexibility index (Phi) is 4.97. The van der Waals surface area contributed by atoms with Crippen LogP contribution in [0.2, 0.25) is 0 Å². The van der Waals surface area contributed by atoms with E-state index in [1.807, 2.05) is 6.92 Å². The van der Waals surface area contributed by atoms with Gasteiger partial charge in [-0.25, -0.2) is 0 Å². The van der Waals surface area contributed by atoms with E-state index in [9.17, 15) is 20.2 Å². The lowest BCUT2D eigenvalue weighted by molar-refractivity contribution is -0.385. The summed E-state index contributed by atoms with van der Waals surface area (Å²) >= 11 is 0. The molecule has 25 heavy (non-hydrogen) atoms. The Morgan fingerprint density at radius 2 is 1.48 bits per heavy atom. The Hall–Kier alpha value is -3.49. The van der Waals surface area contributed by atoms with E-state index in [0.29, 0.717) is 22.3 Å². The van der Waals surface area contributed by atoms with Crippen LogP contribution in [0, 0.1) is 41.0 Å². The van der Waals surface area contributed by atoms with Gasteiger partial charge in [0.25, 0.3) is 11.4 Å². The number of aromatic nitrogens is 2. The van der Waals surface area contributed by atoms with Crippen LogP contribution in [0.15, 0.2) is 30.5 Å². The molecule has 3 aromatic rings. The van der Waals surface area contributed by atoms with Crippen molar-refractivity contribution in [2.24, 2.45) is 0 Å². The summed E-state index contributed by atoms with van der Waals surface area (Å²) in [5.74, 6) is 0. The van der Waals surface area contributed by atoms with E-state index in [0.717, 1.165) is 10.9 Å². The molecule has 3 N–H and O–H groups in total. The lowest BCUT2D eigenvalue weighted by Crippen LogP contribution is -1.96. The second-order valence-corrected chi connectivity index (χ2v) is 5.61. The van der Waals surface area contributed by atoms with E-state index in [1.54, 1.807) is 32.2 Å². The molecule has 1 heterocycles. The summed E-state index contributed by atoms with van der Waals surface area (Å²) in [6, 6.07) is 6.35. The third-order valence-corrected chi connectivity index (χ3v) is 3.73. The molecule has 0 saturated carbocycles. The van der Waals surface area contributed by atoms with Crippen molar-refractivity contribution < 1.29 is 9.85 Å². The molecule has 3 rings (SSSR count). The summed E-state index contributed by atoms with van der Waals surface area (Å²) in [6.45, 7) is 5.24. The minimum absolute atomic E-state index is 0.0816. The number of H-pyrrole nitrogens is 1. The number of anilines is 1. The van der Waals surface area contributed by atoms with E-state index in [1.165, 1.54) is 12.1 Å². The van der Waals surface area contributed by atoms with E-state index in [4.69, 9.17) is 5.73 Å². The summed E-state index contributed by atoms with van der Waals surface area (Å²) in [5, 5.41) is 28.4. The number of hydrogen-bond donors (Lipinski definition) is 2. The van der Waals surface area contributed by atoms with E-state index in [-0.39, 0.29) is 11.4 Å². The van der Waals surface area contributed by atoms with Crippen molar-refractivity contribution >= 4 is 28.0 Å². The van der Waals surface area contributed by atoms with Gasteiger partial charge < -0.3 is 5.73 Å². The van der Waals surface area contributed by atoms with Gasteiger partial charge in [0, 0.05) is 34.3 Å². The van der Waals surface area contributed by atoms with Crippen LogP contribution in [0.3, 0.4) is 0 Å². The fourth-order valence-electron chi connectivity index (χ4n) is 2.34. The second kappa shape index (κ2) is 6.95. The van der Waals surface area contributed by atoms with Gasteiger partial charge in [0.05, 0.1) is 21.6 Å². The molecule has 0 bridgehead atoms. The molecule has 0 unspecified atom stereocenters. The normalized spacial score (nSPS) is 10.2. The summed E-state index contributed by atoms with van der Waals surface area (Å²) < 4.78 is 0. The molecule has 130 valence electrons. The van der Waals surface area contributed by atoms with Crippen LogP contribution in [-0.2, 0) is 0 Å². The third kappa shape index (κ3) is 3.89. The monoisotopic (exact) mass is 343 g/mol. The van der Waals surface area contributed by atoms with Gasteiger partial charge in [0.2, 0.25) is 0 Å². The van der Waals surface area contributed by atoms with Gasteiger partial charge >= 0.3 is 0 Å². The predicted molar refractivity (Wildman–Crippen MR) is 94.5 cm³/mol. The quantitative estimate of drug-likeness (QED) is 0.414. The first-order chi connectivity index (χ1) is 11.7. The molecular formula is C16H17N5O4. The van der Waals surface area contributed by atoms with Gasteiger partial charge in [0.15, 0.2) is 0 Å². The largest absolute Gasteiger partial charge is 0.398 e. The Balaban J connectivity index is 0.000000181. The first kappa shape index (κ1) is 17.9. The van der Waals surface area contributed by atoms with Crippen LogP contribution < -0.4 is 5.73 Å². The van der Waals surface area contributed by atoms with E-state index < -0.39 is 9.85 Å². The molecule has 9 heteroatoms. The number of hydrogen-bond acceptors (Lipinski definition) is 6. The highest BCUT2D eigenvalue weighted by atomic mass is 16.6. The second-order valence-electron chi connectivity index (χ2n) is 5.61. The van der Waals surface area contributed by atoms with Crippen LogP contribution in [0.5, 0.6) is 0 Å². The van der Waals surface area contributed by atoms with Gasteiger partial charge in [-0.1, -0.05) is 0 Å². The van der Waals surface area contributed by atoms with Crippen molar-refractivity contribution in [3.05, 3.63) is 67.4 Å². The van der Waals surface area contributed by atoms with Crippen molar-refractivity contribution in [1.29, 1.82) is 0 Å². The molecule has 0 atom stereocenters. The van der Waals surface area contributed by atoms with Gasteiger partial charge in [-0.15, -0.1) is 0 Å². The zero-order valence-electron chi connectivity index (χ0n) is 13.9. The Morgan fingerprint density at radius 3 is 2.08 bits per heavy atom. The van der Waals surface area contributed by atoms with Crippen LogP contribution >= 0.6 is 0 Å². The van der Waals surface area contributed by atoms with Crippen molar-refractivity contribution in [2.75, 3.05) is 5.73 Å². The highest BCUT2D eigenvalue weighted by Crippen LogP contribution is 2.24. The molecule has 0 spiro atoms. The highest BCUT2D eigenvalue weighted by Gasteiger charge is 2.12. The number of nitro benzene ring substituents is 2. The first-order valence-electron chi connectivity index (χ1n) is 7.30. The smallest absolute Gasteiger partial charge is 0.274 e. The maximum absolute atomic E-state index is 10.6. The lowest BCUT2D eigenvalue weighted by Gasteiger charge is -2.01. The molecule has 0 fully saturated rings. The molecule has 9 nitrogen and oxygen atoms in total. The van der Waals surface area contributed by atoms with Gasteiger partial charge in [-0.3, -0.25) is 25.3 Å². The molecule has 0 amide bonds. The zero-order valence-corrected chi connectivity index (χ0v) is 13.9. The fraction of sp³-hybridized carbons (Fsp3) is 0.188. The number of nitro groups is 2. The summed E-state index contributed by atoms with van der Waals surface area (Å²) in [4.78, 5) is 20.2. The molecule has 0 aliphatic rings. The van der Waals surface area contributed by atoms with Gasteiger partial charge in [-0.05, 0) is 38.5 Å². The van der Waals surface area contributed by atoms with Crippen molar-refractivity contribution in [1.82, 2.24) is 10.2 Å². The number of nitrogens with two attached hydrogens (primary N) is 1. The summed E-state index contributed by atoms with van der Waals surface area (Å²) in [7, 11) is 0. The van der Waals surface area contributed by atoms with E-state index >= 15 is 0 Å². The lowest BCUT2D eigenvalue weighted by atomic mass is 10.1. The number of nitrogens with one attached hydrogen (secondary N) is 1. The average Bonchev–Trinajstić information content (AvgIpc) is 2.97. The molecule has 0 radical (unpaired) electrons. The summed E-state index contributed by atoms with van der Waals surface area (Å²) in [5.41, 5.74) is 9.05. The maximum atomic E-state index is 10.6. The Labute approximate surface area is 142 Å². The van der Waals surface area contributed by atoms with Gasteiger partial charge in [0.1, 0.15) is 0 Å². The highest BCUT2D eigenvalue weighted by molar-refractivity contribution is 5.81. The summed E-state index contributed by atoms with van der Waals surface area (Å²) in [6.07, 6.45) is 1.64. The van der Waals surface area contributed by atoms with Crippen molar-refractivity contribution in [3.8, 4) is 0 Å². The average molecular weight is 343 g/mol. The number of aromatic amines is 1. The third-order valence-electron chi connectivity index (χ3n) is 3.73. The minimum atomic E-state index is -0.425. The molecule has 0 aliphatic carbocycles. The van der Waals surface area contributed by atoms with Crippen LogP contribution in [0.1, 0.15) is 16.7 Å². The van der Waals surface area contributed by atoms with Gasteiger partial charge in [-0.2, -0.15) is 5.10 Å². The zero-order chi connectivity index (χ0) is 18.7. The number of rotatable bonds is 2. The van der Waals surface area contributed by atoms with Crippen LogP contribution in [-0.4, -0.2) is 20.0 Å². The minimum Gasteiger partial charge on any atom is -0.398 e. The van der Waals surface area contributed by atoms with Crippen LogP contribution in [0.4, 0.5) is 17.1 Å². The number of fused-ring (bicyclic) bond motifs is 1. The maximum Gasteiger partial charge on any atom is 0.274 e. The fourth-order valence-corrected chi connectivity index (χ4v) is 2.34. The van der Waals surface area contributed by atoms with Crippen LogP contribution in [0.25, 0.3) is 10.9 Å². The Bertz CT molecular complexity index is 965. The first-order valence-corrected chi connectivity index (χ1v) is 7.30. The van der Waals surface area contributed by atoms with Crippen molar-refractivity contribution in [2.45, 2.75) is 20.8 Å². The molecule has 0 saturated heterocycles. The molecule has 2 aromatic carbocycles.